The fourth-order valence-corrected chi connectivity index (χ4v) is 5.43. The third kappa shape index (κ3) is 2.79. The largest absolute Gasteiger partial charge is 0.316 e. The zero-order valence-electron chi connectivity index (χ0n) is 15.6. The fraction of sp³-hybridized carbons (Fsp3) is 0.571. The summed E-state index contributed by atoms with van der Waals surface area (Å²) in [4.78, 5) is 2.68. The van der Waals surface area contributed by atoms with Crippen molar-refractivity contribution in [2.24, 2.45) is 16.7 Å². The molecule has 4 nitrogen and oxygen atoms in total. The van der Waals surface area contributed by atoms with Crippen LogP contribution >= 0.6 is 11.6 Å². The number of benzene rings is 1. The smallest absolute Gasteiger partial charge is 0.0835 e. The summed E-state index contributed by atoms with van der Waals surface area (Å²) in [6, 6.07) is 8.01. The average Bonchev–Trinajstić information content (AvgIpc) is 2.94. The van der Waals surface area contributed by atoms with Crippen LogP contribution in [-0.4, -0.2) is 40.9 Å². The van der Waals surface area contributed by atoms with Gasteiger partial charge in [0.25, 0.3) is 0 Å². The molecule has 1 aromatic carbocycles. The van der Waals surface area contributed by atoms with Gasteiger partial charge in [-0.3, -0.25) is 4.90 Å². The zero-order chi connectivity index (χ0) is 17.9. The molecule has 5 rings (SSSR count). The number of nitrogens with one attached hydrogen (secondary N) is 1. The number of rotatable bonds is 3. The predicted octanol–water partition coefficient (Wildman–Crippen LogP) is 3.52. The van der Waals surface area contributed by atoms with Crippen molar-refractivity contribution in [3.63, 3.8) is 0 Å². The van der Waals surface area contributed by atoms with Crippen LogP contribution in [0.3, 0.4) is 0 Å². The number of halogens is 1. The Labute approximate surface area is 160 Å². The predicted molar refractivity (Wildman–Crippen MR) is 105 cm³/mol. The van der Waals surface area contributed by atoms with Gasteiger partial charge >= 0.3 is 0 Å². The Kier molecular flexibility index (Phi) is 3.76. The number of fused-ring (bicyclic) bond motifs is 2. The highest BCUT2D eigenvalue weighted by Crippen LogP contribution is 2.55. The van der Waals surface area contributed by atoms with Crippen molar-refractivity contribution in [2.45, 2.75) is 33.2 Å². The summed E-state index contributed by atoms with van der Waals surface area (Å²) in [5.41, 5.74) is 4.42. The molecule has 2 aliphatic heterocycles. The van der Waals surface area contributed by atoms with Crippen LogP contribution in [0.5, 0.6) is 0 Å². The minimum absolute atomic E-state index is 0.220. The topological polar surface area (TPSA) is 33.1 Å². The Morgan fingerprint density at radius 3 is 2.88 bits per heavy atom. The van der Waals surface area contributed by atoms with Crippen molar-refractivity contribution in [3.05, 3.63) is 46.7 Å². The second kappa shape index (κ2) is 5.82. The van der Waals surface area contributed by atoms with Crippen molar-refractivity contribution in [2.75, 3.05) is 26.2 Å². The minimum Gasteiger partial charge on any atom is -0.316 e. The highest BCUT2D eigenvalue weighted by molar-refractivity contribution is 6.32. The maximum Gasteiger partial charge on any atom is 0.0835 e. The molecule has 1 N–H and O–H groups in total. The summed E-state index contributed by atoms with van der Waals surface area (Å²) in [6.07, 6.45) is 4.49. The standard InChI is InChI=1S/C21H27ClN4/c1-20(2)8-19-15(9-24-26(19)18-6-4-3-5-17(18)22)11-25(13-20)14-21-7-16(21)10-23-12-21/h3-6,9,16,23H,7-8,10-14H2,1-2H3. The molecular formula is C21H27ClN4. The summed E-state index contributed by atoms with van der Waals surface area (Å²) >= 11 is 6.46. The summed E-state index contributed by atoms with van der Waals surface area (Å²) in [5, 5.41) is 9.06. The fourth-order valence-electron chi connectivity index (χ4n) is 5.21. The summed E-state index contributed by atoms with van der Waals surface area (Å²) in [5.74, 6) is 0.902. The van der Waals surface area contributed by atoms with Gasteiger partial charge in [-0.2, -0.15) is 5.10 Å². The molecule has 2 atom stereocenters. The lowest BCUT2D eigenvalue weighted by Crippen LogP contribution is -2.38. The van der Waals surface area contributed by atoms with Crippen LogP contribution in [0.15, 0.2) is 30.5 Å². The summed E-state index contributed by atoms with van der Waals surface area (Å²) in [7, 11) is 0. The molecule has 0 radical (unpaired) electrons. The lowest BCUT2D eigenvalue weighted by atomic mass is 9.87. The first-order chi connectivity index (χ1) is 12.5. The molecule has 2 unspecified atom stereocenters. The van der Waals surface area contributed by atoms with E-state index in [4.69, 9.17) is 16.7 Å². The molecular weight excluding hydrogens is 344 g/mol. The molecule has 1 saturated heterocycles. The van der Waals surface area contributed by atoms with Crippen LogP contribution in [0.1, 0.15) is 31.5 Å². The van der Waals surface area contributed by atoms with E-state index in [2.05, 4.69) is 41.0 Å². The van der Waals surface area contributed by atoms with Gasteiger partial charge < -0.3 is 5.32 Å². The average molecular weight is 371 g/mol. The molecule has 26 heavy (non-hydrogen) atoms. The van der Waals surface area contributed by atoms with Crippen LogP contribution in [0, 0.1) is 16.7 Å². The van der Waals surface area contributed by atoms with Gasteiger partial charge in [-0.25, -0.2) is 4.68 Å². The van der Waals surface area contributed by atoms with Crippen LogP contribution < -0.4 is 5.32 Å². The van der Waals surface area contributed by atoms with E-state index in [9.17, 15) is 0 Å². The first-order valence-corrected chi connectivity index (χ1v) is 10.1. The molecule has 0 amide bonds. The Morgan fingerprint density at radius 2 is 2.15 bits per heavy atom. The monoisotopic (exact) mass is 370 g/mol. The molecule has 1 aromatic heterocycles. The van der Waals surface area contributed by atoms with Gasteiger partial charge in [-0.1, -0.05) is 37.6 Å². The Morgan fingerprint density at radius 1 is 1.31 bits per heavy atom. The van der Waals surface area contributed by atoms with Gasteiger partial charge in [0.05, 0.1) is 16.9 Å². The van der Waals surface area contributed by atoms with E-state index in [-0.39, 0.29) is 5.41 Å². The maximum atomic E-state index is 6.46. The van der Waals surface area contributed by atoms with E-state index in [0.29, 0.717) is 5.41 Å². The van der Waals surface area contributed by atoms with Gasteiger partial charge in [0.2, 0.25) is 0 Å². The zero-order valence-corrected chi connectivity index (χ0v) is 16.4. The molecule has 1 saturated carbocycles. The van der Waals surface area contributed by atoms with E-state index in [1.165, 1.54) is 37.3 Å². The molecule has 3 heterocycles. The number of hydrogen-bond acceptors (Lipinski definition) is 3. The quantitative estimate of drug-likeness (QED) is 0.897. The molecule has 1 aliphatic carbocycles. The maximum absolute atomic E-state index is 6.46. The van der Waals surface area contributed by atoms with Gasteiger partial charge in [0.1, 0.15) is 0 Å². The summed E-state index contributed by atoms with van der Waals surface area (Å²) in [6.45, 7) is 10.5. The number of nitrogens with zero attached hydrogens (tertiary/aromatic N) is 3. The number of aromatic nitrogens is 2. The second-order valence-corrected chi connectivity index (χ2v) is 9.77. The second-order valence-electron chi connectivity index (χ2n) is 9.36. The molecule has 5 heteroatoms. The Hall–Kier alpha value is -1.36. The van der Waals surface area contributed by atoms with E-state index in [0.717, 1.165) is 36.1 Å². The van der Waals surface area contributed by atoms with Crippen LogP contribution in [0.4, 0.5) is 0 Å². The Bertz CT molecular complexity index is 842. The molecule has 2 fully saturated rings. The lowest BCUT2D eigenvalue weighted by molar-refractivity contribution is 0.150. The van der Waals surface area contributed by atoms with Crippen molar-refractivity contribution in [1.82, 2.24) is 20.0 Å². The van der Waals surface area contributed by atoms with Crippen molar-refractivity contribution in [3.8, 4) is 5.69 Å². The van der Waals surface area contributed by atoms with Crippen LogP contribution in [0.25, 0.3) is 5.69 Å². The first kappa shape index (κ1) is 16.8. The molecule has 3 aliphatic rings. The normalized spacial score (nSPS) is 29.9. The van der Waals surface area contributed by atoms with E-state index in [1.54, 1.807) is 0 Å². The van der Waals surface area contributed by atoms with E-state index >= 15 is 0 Å². The number of piperidine rings is 1. The third-order valence-electron chi connectivity index (χ3n) is 6.49. The van der Waals surface area contributed by atoms with Gasteiger partial charge in [-0.15, -0.1) is 0 Å². The van der Waals surface area contributed by atoms with Crippen LogP contribution in [0.2, 0.25) is 5.02 Å². The minimum atomic E-state index is 0.220. The highest BCUT2D eigenvalue weighted by atomic mass is 35.5. The summed E-state index contributed by atoms with van der Waals surface area (Å²) < 4.78 is 2.07. The number of hydrogen-bond donors (Lipinski definition) is 1. The Balaban J connectivity index is 1.47. The lowest BCUT2D eigenvalue weighted by Gasteiger charge is -2.32. The van der Waals surface area contributed by atoms with Gasteiger partial charge in [0, 0.05) is 37.4 Å². The van der Waals surface area contributed by atoms with E-state index < -0.39 is 0 Å². The SMILES string of the molecule is CC1(C)Cc2c(cnn2-c2ccccc2Cl)CN(CC23CNCC2C3)C1. The molecule has 0 bridgehead atoms. The first-order valence-electron chi connectivity index (χ1n) is 9.70. The van der Waals surface area contributed by atoms with Crippen molar-refractivity contribution in [1.29, 1.82) is 0 Å². The molecule has 0 spiro atoms. The number of para-hydroxylation sites is 1. The van der Waals surface area contributed by atoms with Crippen molar-refractivity contribution >= 4 is 11.6 Å². The molecule has 2 aromatic rings. The van der Waals surface area contributed by atoms with Gasteiger partial charge in [0.15, 0.2) is 0 Å². The van der Waals surface area contributed by atoms with Crippen molar-refractivity contribution < 1.29 is 0 Å². The van der Waals surface area contributed by atoms with Crippen LogP contribution in [-0.2, 0) is 13.0 Å². The third-order valence-corrected chi connectivity index (χ3v) is 6.81. The molecule has 138 valence electrons. The highest BCUT2D eigenvalue weighted by Gasteiger charge is 2.57. The van der Waals surface area contributed by atoms with Gasteiger partial charge in [-0.05, 0) is 48.3 Å². The van der Waals surface area contributed by atoms with E-state index in [1.807, 2.05) is 18.2 Å².